The number of aromatic nitrogens is 3. The zero-order chi connectivity index (χ0) is 14.7. The summed E-state index contributed by atoms with van der Waals surface area (Å²) in [5.41, 5.74) is 6.77. The SMILES string of the molecule is CCn1nc(C)c(Cl)c1CC(NN)c1ccnc(C)c1. The van der Waals surface area contributed by atoms with Crippen molar-refractivity contribution in [2.24, 2.45) is 5.84 Å². The Bertz CT molecular complexity index is 593. The minimum atomic E-state index is -0.0180. The van der Waals surface area contributed by atoms with E-state index in [0.29, 0.717) is 6.42 Å². The Morgan fingerprint density at radius 3 is 2.80 bits per heavy atom. The average molecular weight is 294 g/mol. The number of nitrogens with one attached hydrogen (secondary N) is 1. The summed E-state index contributed by atoms with van der Waals surface area (Å²) in [6.45, 7) is 6.72. The number of hydrogen-bond donors (Lipinski definition) is 2. The van der Waals surface area contributed by atoms with Crippen molar-refractivity contribution < 1.29 is 0 Å². The highest BCUT2D eigenvalue weighted by Crippen LogP contribution is 2.26. The van der Waals surface area contributed by atoms with Crippen LogP contribution in [0, 0.1) is 13.8 Å². The van der Waals surface area contributed by atoms with Crippen molar-refractivity contribution in [3.63, 3.8) is 0 Å². The lowest BCUT2D eigenvalue weighted by molar-refractivity contribution is 0.516. The largest absolute Gasteiger partial charge is 0.271 e. The summed E-state index contributed by atoms with van der Waals surface area (Å²) in [6, 6.07) is 3.97. The van der Waals surface area contributed by atoms with Gasteiger partial charge in [0.2, 0.25) is 0 Å². The van der Waals surface area contributed by atoms with E-state index in [0.717, 1.165) is 34.2 Å². The van der Waals surface area contributed by atoms with Crippen LogP contribution in [0.15, 0.2) is 18.3 Å². The van der Waals surface area contributed by atoms with Crippen LogP contribution < -0.4 is 11.3 Å². The fraction of sp³-hybridized carbons (Fsp3) is 0.429. The van der Waals surface area contributed by atoms with Gasteiger partial charge in [-0.25, -0.2) is 0 Å². The Morgan fingerprint density at radius 1 is 1.45 bits per heavy atom. The first kappa shape index (κ1) is 15.0. The molecule has 6 heteroatoms. The minimum absolute atomic E-state index is 0.0180. The van der Waals surface area contributed by atoms with E-state index in [9.17, 15) is 0 Å². The summed E-state index contributed by atoms with van der Waals surface area (Å²) in [5, 5.41) is 5.15. The maximum Gasteiger partial charge on any atom is 0.0847 e. The van der Waals surface area contributed by atoms with E-state index < -0.39 is 0 Å². The first-order valence-corrected chi connectivity index (χ1v) is 7.05. The molecule has 0 aliphatic rings. The number of pyridine rings is 1. The summed E-state index contributed by atoms with van der Waals surface area (Å²) < 4.78 is 1.93. The first-order valence-electron chi connectivity index (χ1n) is 6.67. The van der Waals surface area contributed by atoms with Gasteiger partial charge >= 0.3 is 0 Å². The predicted octanol–water partition coefficient (Wildman–Crippen LogP) is 2.32. The van der Waals surface area contributed by atoms with Gasteiger partial charge in [-0.1, -0.05) is 11.6 Å². The van der Waals surface area contributed by atoms with Crippen LogP contribution in [0.1, 0.15) is 35.6 Å². The van der Waals surface area contributed by atoms with Gasteiger partial charge in [-0.3, -0.25) is 20.9 Å². The lowest BCUT2D eigenvalue weighted by Gasteiger charge is -2.17. The summed E-state index contributed by atoms with van der Waals surface area (Å²) in [6.07, 6.45) is 2.48. The van der Waals surface area contributed by atoms with Crippen molar-refractivity contribution in [2.75, 3.05) is 0 Å². The van der Waals surface area contributed by atoms with Crippen molar-refractivity contribution in [1.29, 1.82) is 0 Å². The third kappa shape index (κ3) is 3.00. The Hall–Kier alpha value is -1.43. The number of aryl methyl sites for hydroxylation is 3. The molecular formula is C14H20ClN5. The highest BCUT2D eigenvalue weighted by Gasteiger charge is 2.18. The van der Waals surface area contributed by atoms with Gasteiger partial charge in [-0.05, 0) is 38.5 Å². The molecule has 0 aliphatic heterocycles. The molecule has 5 nitrogen and oxygen atoms in total. The summed E-state index contributed by atoms with van der Waals surface area (Å²) in [5.74, 6) is 5.71. The molecule has 1 atom stereocenters. The lowest BCUT2D eigenvalue weighted by Crippen LogP contribution is -2.30. The van der Waals surface area contributed by atoms with E-state index in [1.807, 2.05) is 37.6 Å². The molecular weight excluding hydrogens is 274 g/mol. The van der Waals surface area contributed by atoms with Crippen molar-refractivity contribution >= 4 is 11.6 Å². The standard InChI is InChI=1S/C14H20ClN5/c1-4-20-13(14(15)10(3)19-20)8-12(18-16)11-5-6-17-9(2)7-11/h5-7,12,18H,4,8,16H2,1-3H3. The molecule has 0 spiro atoms. The van der Waals surface area contributed by atoms with Crippen LogP contribution >= 0.6 is 11.6 Å². The second-order valence-electron chi connectivity index (χ2n) is 4.82. The van der Waals surface area contributed by atoms with Crippen LogP contribution in [0.25, 0.3) is 0 Å². The first-order chi connectivity index (χ1) is 9.56. The number of nitrogens with zero attached hydrogens (tertiary/aromatic N) is 3. The number of hydrogen-bond acceptors (Lipinski definition) is 4. The normalized spacial score (nSPS) is 12.7. The Kier molecular flexibility index (Phi) is 4.75. The molecule has 0 aliphatic carbocycles. The van der Waals surface area contributed by atoms with Gasteiger partial charge in [0.15, 0.2) is 0 Å². The van der Waals surface area contributed by atoms with Crippen molar-refractivity contribution in [2.45, 2.75) is 39.8 Å². The molecule has 1 unspecified atom stereocenters. The van der Waals surface area contributed by atoms with Gasteiger partial charge in [0.05, 0.1) is 22.5 Å². The lowest BCUT2D eigenvalue weighted by atomic mass is 10.0. The van der Waals surface area contributed by atoms with Gasteiger partial charge in [0.1, 0.15) is 0 Å². The van der Waals surface area contributed by atoms with Crippen LogP contribution in [0.2, 0.25) is 5.02 Å². The van der Waals surface area contributed by atoms with Crippen molar-refractivity contribution in [3.8, 4) is 0 Å². The fourth-order valence-corrected chi connectivity index (χ4v) is 2.53. The summed E-state index contributed by atoms with van der Waals surface area (Å²) in [4.78, 5) is 4.21. The number of hydrazine groups is 1. The second kappa shape index (κ2) is 6.35. The van der Waals surface area contributed by atoms with Crippen molar-refractivity contribution in [1.82, 2.24) is 20.2 Å². The van der Waals surface area contributed by atoms with Gasteiger partial charge in [0.25, 0.3) is 0 Å². The Labute approximate surface area is 124 Å². The quantitative estimate of drug-likeness (QED) is 0.656. The summed E-state index contributed by atoms with van der Waals surface area (Å²) >= 11 is 6.35. The molecule has 0 amide bonds. The molecule has 2 aromatic heterocycles. The van der Waals surface area contributed by atoms with E-state index >= 15 is 0 Å². The van der Waals surface area contributed by atoms with Crippen molar-refractivity contribution in [3.05, 3.63) is 46.0 Å². The third-order valence-electron chi connectivity index (χ3n) is 3.37. The van der Waals surface area contributed by atoms with Gasteiger partial charge in [0, 0.05) is 24.9 Å². The smallest absolute Gasteiger partial charge is 0.0847 e. The van der Waals surface area contributed by atoms with Gasteiger partial charge < -0.3 is 0 Å². The third-order valence-corrected chi connectivity index (χ3v) is 3.87. The topological polar surface area (TPSA) is 68.8 Å². The molecule has 0 saturated heterocycles. The monoisotopic (exact) mass is 293 g/mol. The molecule has 2 aromatic rings. The zero-order valence-electron chi connectivity index (χ0n) is 12.0. The molecule has 108 valence electrons. The zero-order valence-corrected chi connectivity index (χ0v) is 12.8. The van der Waals surface area contributed by atoms with Crippen LogP contribution in [-0.2, 0) is 13.0 Å². The van der Waals surface area contributed by atoms with E-state index in [-0.39, 0.29) is 6.04 Å². The molecule has 0 fully saturated rings. The van der Waals surface area contributed by atoms with E-state index in [2.05, 4.69) is 15.5 Å². The molecule has 0 radical (unpaired) electrons. The highest BCUT2D eigenvalue weighted by molar-refractivity contribution is 6.31. The van der Waals surface area contributed by atoms with Gasteiger partial charge in [-0.2, -0.15) is 5.10 Å². The van der Waals surface area contributed by atoms with Crippen LogP contribution in [0.5, 0.6) is 0 Å². The number of halogens is 1. The predicted molar refractivity (Wildman–Crippen MR) is 80.4 cm³/mol. The fourth-order valence-electron chi connectivity index (χ4n) is 2.31. The Balaban J connectivity index is 2.31. The number of rotatable bonds is 5. The summed E-state index contributed by atoms with van der Waals surface area (Å²) in [7, 11) is 0. The van der Waals surface area contributed by atoms with Gasteiger partial charge in [-0.15, -0.1) is 0 Å². The molecule has 2 heterocycles. The van der Waals surface area contributed by atoms with Crippen LogP contribution in [-0.4, -0.2) is 14.8 Å². The Morgan fingerprint density at radius 2 is 2.20 bits per heavy atom. The molecule has 20 heavy (non-hydrogen) atoms. The van der Waals surface area contributed by atoms with Crippen LogP contribution in [0.3, 0.4) is 0 Å². The van der Waals surface area contributed by atoms with E-state index in [1.54, 1.807) is 6.20 Å². The average Bonchev–Trinajstić information content (AvgIpc) is 2.71. The molecule has 0 bridgehead atoms. The second-order valence-corrected chi connectivity index (χ2v) is 5.19. The van der Waals surface area contributed by atoms with E-state index in [4.69, 9.17) is 17.4 Å². The molecule has 3 N–H and O–H groups in total. The molecule has 2 rings (SSSR count). The highest BCUT2D eigenvalue weighted by atomic mass is 35.5. The number of nitrogens with two attached hydrogens (primary N) is 1. The minimum Gasteiger partial charge on any atom is -0.271 e. The molecule has 0 saturated carbocycles. The van der Waals surface area contributed by atoms with Crippen LogP contribution in [0.4, 0.5) is 0 Å². The van der Waals surface area contributed by atoms with E-state index in [1.165, 1.54) is 0 Å². The maximum absolute atomic E-state index is 6.35. The molecule has 0 aromatic carbocycles. The maximum atomic E-state index is 6.35.